The molecule has 0 aliphatic carbocycles. The molecule has 0 saturated heterocycles. The minimum absolute atomic E-state index is 0.00939. The first-order valence-electron chi connectivity index (χ1n) is 13.7. The third-order valence-corrected chi connectivity index (χ3v) is 10.1. The van der Waals surface area contributed by atoms with Crippen LogP contribution in [0.15, 0.2) is 49.1 Å². The number of aryl methyl sites for hydroxylation is 1. The molecule has 0 bridgehead atoms. The summed E-state index contributed by atoms with van der Waals surface area (Å²) in [5.41, 5.74) is 1.84. The molecule has 12 heteroatoms. The number of carbonyl (C=O) groups excluding carboxylic acids is 1. The molecule has 2 unspecified atom stereocenters. The van der Waals surface area contributed by atoms with Gasteiger partial charge in [0.2, 0.25) is 0 Å². The number of benzene rings is 1. The Morgan fingerprint density at radius 2 is 1.86 bits per heavy atom. The Morgan fingerprint density at radius 1 is 1.10 bits per heavy atom. The standard InChI is InChI=1S/C30H33F3IN6O2/c1-6-39-17-25(27(37-39)30(31,32)33)23-13-20(16-38-12-10-36-28(38)18(2)34-4)14-24-22(23)8-11-40(29(24)41)19(3)26-15-21(42-5)7-9-35-26/h7,9-10,12-15,17-19H,6,8,11,16H2,1-5H3/q-1. The first kappa shape index (κ1) is 30.1. The fourth-order valence-electron chi connectivity index (χ4n) is 5.41. The van der Waals surface area contributed by atoms with Crippen molar-refractivity contribution in [2.45, 2.75) is 56.4 Å². The molecule has 1 aliphatic rings. The van der Waals surface area contributed by atoms with Crippen molar-refractivity contribution in [3.05, 3.63) is 83.0 Å². The zero-order valence-electron chi connectivity index (χ0n) is 24.1. The molecule has 3 aromatic heterocycles. The zero-order chi connectivity index (χ0) is 30.2. The molecule has 0 spiro atoms. The van der Waals surface area contributed by atoms with Crippen LogP contribution >= 0.6 is 0 Å². The van der Waals surface area contributed by atoms with E-state index < -0.39 is 11.9 Å². The van der Waals surface area contributed by atoms with E-state index >= 15 is 0 Å². The molecule has 5 rings (SSSR count). The average molecular weight is 694 g/mol. The Balaban J connectivity index is 1.64. The van der Waals surface area contributed by atoms with E-state index in [9.17, 15) is 18.0 Å². The van der Waals surface area contributed by atoms with Gasteiger partial charge < -0.3 is 4.74 Å². The molecule has 0 fully saturated rings. The fraction of sp³-hybridized carbons (Fsp3) is 0.400. The van der Waals surface area contributed by atoms with E-state index in [-0.39, 0.29) is 38.7 Å². The Labute approximate surface area is 253 Å². The molecule has 4 heterocycles. The van der Waals surface area contributed by atoms with Crippen molar-refractivity contribution in [1.82, 2.24) is 29.2 Å². The van der Waals surface area contributed by atoms with Crippen molar-refractivity contribution in [3.63, 3.8) is 0 Å². The topological polar surface area (TPSA) is 78.1 Å². The van der Waals surface area contributed by atoms with Crippen LogP contribution in [0.1, 0.15) is 69.4 Å². The van der Waals surface area contributed by atoms with Gasteiger partial charge in [0.15, 0.2) is 0 Å². The van der Waals surface area contributed by atoms with Gasteiger partial charge in [0, 0.05) is 6.20 Å². The van der Waals surface area contributed by atoms with Crippen molar-refractivity contribution in [2.75, 3.05) is 18.6 Å². The Morgan fingerprint density at radius 3 is 2.55 bits per heavy atom. The van der Waals surface area contributed by atoms with E-state index in [0.29, 0.717) is 58.1 Å². The number of methoxy groups -OCH3 is 1. The van der Waals surface area contributed by atoms with Crippen molar-refractivity contribution in [3.8, 4) is 16.9 Å². The number of fused-ring (bicyclic) bond motifs is 1. The summed E-state index contributed by atoms with van der Waals surface area (Å²) in [6.45, 7) is 6.79. The quantitative estimate of drug-likeness (QED) is 0.199. The second kappa shape index (κ2) is 12.1. The van der Waals surface area contributed by atoms with Crippen LogP contribution in [0.25, 0.3) is 11.1 Å². The van der Waals surface area contributed by atoms with Crippen molar-refractivity contribution >= 4 is 5.91 Å². The molecular formula is C30H33F3IN6O2-. The number of amides is 1. The molecule has 1 amide bonds. The normalized spacial score (nSPS) is 15.1. The van der Waals surface area contributed by atoms with Gasteiger partial charge in [-0.1, -0.05) is 0 Å². The van der Waals surface area contributed by atoms with Crippen LogP contribution in [0.2, 0.25) is 0 Å². The van der Waals surface area contributed by atoms with Crippen LogP contribution in [0.3, 0.4) is 0 Å². The Kier molecular flexibility index (Phi) is 8.63. The van der Waals surface area contributed by atoms with Crippen LogP contribution in [0, 0.1) is 0 Å². The molecule has 2 atom stereocenters. The number of hydrogen-bond donors (Lipinski definition) is 0. The van der Waals surface area contributed by atoms with E-state index in [1.54, 1.807) is 49.5 Å². The van der Waals surface area contributed by atoms with Gasteiger partial charge in [-0.2, -0.15) is 0 Å². The second-order valence-electron chi connectivity index (χ2n) is 10.2. The monoisotopic (exact) mass is 693 g/mol. The summed E-state index contributed by atoms with van der Waals surface area (Å²) < 4.78 is 51.6. The number of imidazole rings is 1. The van der Waals surface area contributed by atoms with Crippen LogP contribution in [-0.4, -0.2) is 53.7 Å². The molecule has 4 aromatic rings. The van der Waals surface area contributed by atoms with Gasteiger partial charge in [-0.15, -0.1) is 0 Å². The van der Waals surface area contributed by atoms with E-state index in [2.05, 4.69) is 26.9 Å². The number of alkyl halides is 5. The number of nitrogens with zero attached hydrogens (tertiary/aromatic N) is 6. The summed E-state index contributed by atoms with van der Waals surface area (Å²) in [7, 11) is 1.57. The summed E-state index contributed by atoms with van der Waals surface area (Å²) in [5.74, 6) is 1.32. The molecule has 42 heavy (non-hydrogen) atoms. The third-order valence-electron chi connectivity index (χ3n) is 7.72. The van der Waals surface area contributed by atoms with E-state index in [4.69, 9.17) is 4.74 Å². The summed E-state index contributed by atoms with van der Waals surface area (Å²) in [6, 6.07) is 6.78. The number of ether oxygens (including phenoxy) is 1. The van der Waals surface area contributed by atoms with E-state index in [1.807, 2.05) is 23.8 Å². The van der Waals surface area contributed by atoms with Gasteiger partial charge in [-0.05, 0) is 6.07 Å². The summed E-state index contributed by atoms with van der Waals surface area (Å²) in [4.78, 5) is 27.0. The number of pyridine rings is 1. The van der Waals surface area contributed by atoms with Crippen molar-refractivity contribution < 1.29 is 43.9 Å². The first-order chi connectivity index (χ1) is 20.0. The van der Waals surface area contributed by atoms with Crippen LogP contribution < -0.4 is 25.9 Å². The molecule has 1 aromatic carbocycles. The number of hydrogen-bond acceptors (Lipinski definition) is 5. The number of aromatic nitrogens is 5. The molecule has 0 saturated carbocycles. The van der Waals surface area contributed by atoms with E-state index in [1.165, 1.54) is 10.9 Å². The van der Waals surface area contributed by atoms with Crippen molar-refractivity contribution in [1.29, 1.82) is 0 Å². The van der Waals surface area contributed by atoms with E-state index in [0.717, 1.165) is 11.4 Å². The van der Waals surface area contributed by atoms with Gasteiger partial charge >= 0.3 is 224 Å². The predicted octanol–water partition coefficient (Wildman–Crippen LogP) is 2.78. The third kappa shape index (κ3) is 5.77. The van der Waals surface area contributed by atoms with Crippen LogP contribution in [0.5, 0.6) is 5.75 Å². The predicted molar refractivity (Wildman–Crippen MR) is 148 cm³/mol. The number of halogens is 4. The summed E-state index contributed by atoms with van der Waals surface area (Å²) in [6.07, 6.45) is 2.45. The second-order valence-corrected chi connectivity index (χ2v) is 13.3. The first-order valence-corrected chi connectivity index (χ1v) is 17.1. The summed E-state index contributed by atoms with van der Waals surface area (Å²) >= 11 is -0.112. The Hall–Kier alpha value is -3.42. The van der Waals surface area contributed by atoms with Gasteiger partial charge in [0.1, 0.15) is 5.75 Å². The van der Waals surface area contributed by atoms with Crippen molar-refractivity contribution in [2.24, 2.45) is 0 Å². The van der Waals surface area contributed by atoms with Gasteiger partial charge in [0.25, 0.3) is 0 Å². The molecule has 0 N–H and O–H groups in total. The number of carbonyl (C=O) groups is 1. The number of rotatable bonds is 9. The molecule has 1 aliphatic heterocycles. The van der Waals surface area contributed by atoms with Gasteiger partial charge in [0.05, 0.1) is 7.11 Å². The van der Waals surface area contributed by atoms with Crippen LogP contribution in [-0.2, 0) is 25.7 Å². The Bertz CT molecular complexity index is 1600. The zero-order valence-corrected chi connectivity index (χ0v) is 26.3. The molecule has 0 radical (unpaired) electrons. The summed E-state index contributed by atoms with van der Waals surface area (Å²) in [5, 5.41) is 3.86. The minimum atomic E-state index is -4.65. The molecular weight excluding hydrogens is 660 g/mol. The maximum absolute atomic E-state index is 14.2. The maximum atomic E-state index is 14.2. The van der Waals surface area contributed by atoms with Gasteiger partial charge in [-0.25, -0.2) is 0 Å². The SMILES string of the molecule is CCn1cc(-c2cc(Cn3ccnc3C(C)[I-]C)cc3c2CCN(C(C)c2cc(OC)ccn2)C3=O)c(C(F)(F)F)n1. The molecule has 224 valence electrons. The van der Waals surface area contributed by atoms with Gasteiger partial charge in [-0.3, -0.25) is 0 Å². The fourth-order valence-corrected chi connectivity index (χ4v) is 6.49. The average Bonchev–Trinajstić information content (AvgIpc) is 3.64. The molecule has 8 nitrogen and oxygen atoms in total. The van der Waals surface area contributed by atoms with Crippen LogP contribution in [0.4, 0.5) is 13.2 Å².